The highest BCUT2D eigenvalue weighted by atomic mass is 16.6. The topological polar surface area (TPSA) is 75.9 Å². The van der Waals surface area contributed by atoms with Crippen molar-refractivity contribution in [1.29, 1.82) is 0 Å². The van der Waals surface area contributed by atoms with E-state index in [4.69, 9.17) is 9.15 Å². The molecule has 2 aliphatic heterocycles. The molecule has 1 aromatic heterocycles. The number of hydrogen-bond donors (Lipinski definition) is 0. The highest BCUT2D eigenvalue weighted by Gasteiger charge is 2.29. The molecule has 2 amide bonds. The van der Waals surface area contributed by atoms with Crippen molar-refractivity contribution in [1.82, 2.24) is 14.8 Å². The van der Waals surface area contributed by atoms with Gasteiger partial charge in [0.25, 0.3) is 0 Å². The number of aromatic nitrogens is 1. The number of fused-ring (bicyclic) bond motifs is 1. The summed E-state index contributed by atoms with van der Waals surface area (Å²) >= 11 is 0. The van der Waals surface area contributed by atoms with Crippen molar-refractivity contribution in [2.45, 2.75) is 25.8 Å². The minimum atomic E-state index is -0.416. The van der Waals surface area contributed by atoms with E-state index in [0.717, 1.165) is 30.2 Å². The number of amides is 2. The van der Waals surface area contributed by atoms with Crippen molar-refractivity contribution in [3.8, 4) is 0 Å². The number of rotatable bonds is 5. The largest absolute Gasteiger partial charge is 0.448 e. The highest BCUT2D eigenvalue weighted by Crippen LogP contribution is 2.21. The van der Waals surface area contributed by atoms with Gasteiger partial charge in [0.15, 0.2) is 5.89 Å². The molecule has 0 unspecified atom stereocenters. The maximum atomic E-state index is 12.4. The molecule has 7 heteroatoms. The van der Waals surface area contributed by atoms with Crippen LogP contribution in [0.2, 0.25) is 0 Å². The summed E-state index contributed by atoms with van der Waals surface area (Å²) < 4.78 is 10.7. The van der Waals surface area contributed by atoms with Crippen LogP contribution in [0, 0.1) is 0 Å². The fraction of sp³-hybridized carbons (Fsp3) is 0.421. The first-order valence-corrected chi connectivity index (χ1v) is 8.90. The van der Waals surface area contributed by atoms with Crippen LogP contribution in [-0.4, -0.2) is 53.0 Å². The van der Waals surface area contributed by atoms with Crippen LogP contribution in [0.1, 0.15) is 22.9 Å². The Hall–Kier alpha value is -2.83. The Kier molecular flexibility index (Phi) is 4.60. The molecule has 1 fully saturated rings. The van der Waals surface area contributed by atoms with Gasteiger partial charge in [-0.05, 0) is 12.0 Å². The van der Waals surface area contributed by atoms with Crippen molar-refractivity contribution < 1.29 is 18.7 Å². The number of nitrogens with zero attached hydrogens (tertiary/aromatic N) is 3. The molecular formula is C19H21N3O4. The third kappa shape index (κ3) is 3.56. The van der Waals surface area contributed by atoms with Crippen LogP contribution in [0.15, 0.2) is 34.7 Å². The summed E-state index contributed by atoms with van der Waals surface area (Å²) in [6, 6.07) is 10.2. The van der Waals surface area contributed by atoms with Crippen molar-refractivity contribution in [3.05, 3.63) is 53.2 Å². The molecule has 2 aromatic rings. The van der Waals surface area contributed by atoms with Crippen LogP contribution in [0.25, 0.3) is 0 Å². The normalized spacial score (nSPS) is 16.5. The van der Waals surface area contributed by atoms with Gasteiger partial charge in [0.1, 0.15) is 24.6 Å². The maximum absolute atomic E-state index is 12.4. The summed E-state index contributed by atoms with van der Waals surface area (Å²) in [5.74, 6) is 1.51. The molecule has 0 radical (unpaired) electrons. The molecule has 1 aromatic carbocycles. The average Bonchev–Trinajstić information content (AvgIpc) is 3.26. The van der Waals surface area contributed by atoms with Gasteiger partial charge in [-0.2, -0.15) is 0 Å². The second-order valence-electron chi connectivity index (χ2n) is 6.56. The molecule has 136 valence electrons. The molecule has 0 bridgehead atoms. The molecule has 0 atom stereocenters. The van der Waals surface area contributed by atoms with E-state index in [9.17, 15) is 9.59 Å². The van der Waals surface area contributed by atoms with Gasteiger partial charge < -0.3 is 14.1 Å². The fourth-order valence-electron chi connectivity index (χ4n) is 3.30. The molecule has 1 saturated heterocycles. The monoisotopic (exact) mass is 355 g/mol. The van der Waals surface area contributed by atoms with Gasteiger partial charge in [-0.1, -0.05) is 30.3 Å². The average molecular weight is 355 g/mol. The predicted octanol–water partition coefficient (Wildman–Crippen LogP) is 1.80. The third-order valence-electron chi connectivity index (χ3n) is 4.77. The second kappa shape index (κ2) is 7.19. The minimum absolute atomic E-state index is 0.0624. The number of carbonyl (C=O) groups excluding carboxylic acids is 2. The van der Waals surface area contributed by atoms with Gasteiger partial charge in [0.05, 0.1) is 13.1 Å². The van der Waals surface area contributed by atoms with Gasteiger partial charge in [-0.3, -0.25) is 9.69 Å². The van der Waals surface area contributed by atoms with Crippen molar-refractivity contribution in [3.63, 3.8) is 0 Å². The van der Waals surface area contributed by atoms with Gasteiger partial charge in [0.2, 0.25) is 5.91 Å². The molecule has 2 aliphatic rings. The minimum Gasteiger partial charge on any atom is -0.448 e. The van der Waals surface area contributed by atoms with E-state index in [1.54, 1.807) is 4.90 Å². The number of hydrogen-bond acceptors (Lipinski definition) is 5. The summed E-state index contributed by atoms with van der Waals surface area (Å²) in [6.45, 7) is 1.91. The zero-order chi connectivity index (χ0) is 17.9. The Labute approximate surface area is 151 Å². The van der Waals surface area contributed by atoms with Gasteiger partial charge >= 0.3 is 6.09 Å². The van der Waals surface area contributed by atoms with E-state index >= 15 is 0 Å². The summed E-state index contributed by atoms with van der Waals surface area (Å²) in [7, 11) is 0. The van der Waals surface area contributed by atoms with Gasteiger partial charge in [-0.25, -0.2) is 9.78 Å². The van der Waals surface area contributed by atoms with E-state index in [1.807, 2.05) is 18.2 Å². The van der Waals surface area contributed by atoms with E-state index in [2.05, 4.69) is 17.1 Å². The second-order valence-corrected chi connectivity index (χ2v) is 6.56. The number of cyclic esters (lactones) is 1. The number of ether oxygens (including phenoxy) is 1. The molecule has 26 heavy (non-hydrogen) atoms. The molecular weight excluding hydrogens is 334 g/mol. The molecule has 4 rings (SSSR count). The summed E-state index contributed by atoms with van der Waals surface area (Å²) in [5, 5.41) is 0. The van der Waals surface area contributed by atoms with Crippen LogP contribution in [0.5, 0.6) is 0 Å². The lowest BCUT2D eigenvalue weighted by atomic mass is 10.1. The summed E-state index contributed by atoms with van der Waals surface area (Å²) in [6.07, 6.45) is 1.86. The molecule has 3 heterocycles. The van der Waals surface area contributed by atoms with Crippen molar-refractivity contribution >= 4 is 12.0 Å². The smallest absolute Gasteiger partial charge is 0.410 e. The standard InChI is InChI=1S/C19H21N3O4/c23-18(13-22-10-11-25-19(22)24)21-9-8-16-15(12-21)20-17(26-16)7-6-14-4-2-1-3-5-14/h1-5H,6-13H2. The summed E-state index contributed by atoms with van der Waals surface area (Å²) in [4.78, 5) is 31.7. The van der Waals surface area contributed by atoms with Crippen molar-refractivity contribution in [2.75, 3.05) is 26.2 Å². The first-order chi connectivity index (χ1) is 12.7. The number of oxazole rings is 1. The lowest BCUT2D eigenvalue weighted by Crippen LogP contribution is -2.42. The van der Waals surface area contributed by atoms with E-state index in [0.29, 0.717) is 32.7 Å². The Balaban J connectivity index is 1.35. The molecule has 0 N–H and O–H groups in total. The highest BCUT2D eigenvalue weighted by molar-refractivity contribution is 5.83. The quantitative estimate of drug-likeness (QED) is 0.817. The Bertz CT molecular complexity index is 802. The van der Waals surface area contributed by atoms with E-state index in [-0.39, 0.29) is 12.5 Å². The van der Waals surface area contributed by atoms with Crippen LogP contribution in [0.3, 0.4) is 0 Å². The SMILES string of the molecule is O=C(CN1CCOC1=O)N1CCc2oc(CCc3ccccc3)nc2C1. The van der Waals surface area contributed by atoms with Gasteiger partial charge in [0, 0.05) is 19.4 Å². The van der Waals surface area contributed by atoms with E-state index in [1.165, 1.54) is 10.5 Å². The molecule has 0 aliphatic carbocycles. The van der Waals surface area contributed by atoms with Crippen LogP contribution in [0.4, 0.5) is 4.79 Å². The Morgan fingerprint density at radius 1 is 1.15 bits per heavy atom. The fourth-order valence-corrected chi connectivity index (χ4v) is 3.30. The van der Waals surface area contributed by atoms with Crippen LogP contribution in [-0.2, 0) is 35.3 Å². The number of aryl methyl sites for hydroxylation is 2. The third-order valence-corrected chi connectivity index (χ3v) is 4.77. The van der Waals surface area contributed by atoms with E-state index < -0.39 is 6.09 Å². The van der Waals surface area contributed by atoms with Crippen LogP contribution < -0.4 is 0 Å². The van der Waals surface area contributed by atoms with Crippen LogP contribution >= 0.6 is 0 Å². The maximum Gasteiger partial charge on any atom is 0.410 e. The zero-order valence-electron chi connectivity index (χ0n) is 14.5. The lowest BCUT2D eigenvalue weighted by molar-refractivity contribution is -0.132. The first-order valence-electron chi connectivity index (χ1n) is 8.90. The summed E-state index contributed by atoms with van der Waals surface area (Å²) in [5.41, 5.74) is 2.08. The van der Waals surface area contributed by atoms with Crippen molar-refractivity contribution in [2.24, 2.45) is 0 Å². The zero-order valence-corrected chi connectivity index (χ0v) is 14.5. The number of carbonyl (C=O) groups is 2. The lowest BCUT2D eigenvalue weighted by Gasteiger charge is -2.26. The first kappa shape index (κ1) is 16.6. The number of benzene rings is 1. The Morgan fingerprint density at radius 2 is 2.00 bits per heavy atom. The molecule has 0 spiro atoms. The van der Waals surface area contributed by atoms with Gasteiger partial charge in [-0.15, -0.1) is 0 Å². The molecule has 7 nitrogen and oxygen atoms in total. The molecule has 0 saturated carbocycles. The predicted molar refractivity (Wildman–Crippen MR) is 92.4 cm³/mol. The Morgan fingerprint density at radius 3 is 2.77 bits per heavy atom.